The van der Waals surface area contributed by atoms with E-state index in [9.17, 15) is 0 Å². The molecule has 0 saturated heterocycles. The highest BCUT2D eigenvalue weighted by Crippen LogP contribution is 2.01. The maximum atomic E-state index is 8.97. The minimum atomic E-state index is -0.573. The lowest BCUT2D eigenvalue weighted by molar-refractivity contribution is 0.222. The molecule has 10 heavy (non-hydrogen) atoms. The van der Waals surface area contributed by atoms with Crippen molar-refractivity contribution in [2.24, 2.45) is 5.16 Å². The smallest absolute Gasteiger partial charge is 0.0924 e. The van der Waals surface area contributed by atoms with Gasteiger partial charge in [-0.3, -0.25) is 0 Å². The van der Waals surface area contributed by atoms with Crippen LogP contribution in [-0.2, 0) is 0 Å². The molecular weight excluding hydrogens is 130 g/mol. The van der Waals surface area contributed by atoms with Crippen LogP contribution in [0, 0.1) is 0 Å². The van der Waals surface area contributed by atoms with Gasteiger partial charge in [0.05, 0.1) is 12.3 Å². The SMILES string of the molecule is CCCCC[C@@H](O)/C=N\O. The molecule has 1 atom stereocenters. The van der Waals surface area contributed by atoms with Gasteiger partial charge in [-0.2, -0.15) is 0 Å². The Balaban J connectivity index is 3.13. The van der Waals surface area contributed by atoms with E-state index in [-0.39, 0.29) is 0 Å². The van der Waals surface area contributed by atoms with Gasteiger partial charge in [-0.25, -0.2) is 0 Å². The van der Waals surface area contributed by atoms with Crippen molar-refractivity contribution < 1.29 is 10.3 Å². The fourth-order valence-electron chi connectivity index (χ4n) is 0.755. The zero-order chi connectivity index (χ0) is 7.82. The maximum absolute atomic E-state index is 8.97. The molecule has 2 N–H and O–H groups in total. The topological polar surface area (TPSA) is 52.8 Å². The van der Waals surface area contributed by atoms with Crippen molar-refractivity contribution in [1.82, 2.24) is 0 Å². The normalized spacial score (nSPS) is 14.2. The number of aliphatic hydroxyl groups is 1. The van der Waals surface area contributed by atoms with E-state index in [4.69, 9.17) is 10.3 Å². The van der Waals surface area contributed by atoms with Gasteiger partial charge >= 0.3 is 0 Å². The van der Waals surface area contributed by atoms with Crippen molar-refractivity contribution in [3.05, 3.63) is 0 Å². The van der Waals surface area contributed by atoms with Gasteiger partial charge in [-0.05, 0) is 6.42 Å². The maximum Gasteiger partial charge on any atom is 0.0924 e. The van der Waals surface area contributed by atoms with Gasteiger partial charge in [0.2, 0.25) is 0 Å². The summed E-state index contributed by atoms with van der Waals surface area (Å²) in [5.41, 5.74) is 0. The van der Waals surface area contributed by atoms with Crippen LogP contribution in [0.15, 0.2) is 5.16 Å². The molecule has 0 unspecified atom stereocenters. The predicted molar refractivity (Wildman–Crippen MR) is 40.4 cm³/mol. The second-order valence-corrected chi connectivity index (χ2v) is 2.33. The van der Waals surface area contributed by atoms with Crippen LogP contribution in [0.5, 0.6) is 0 Å². The van der Waals surface area contributed by atoms with Crippen LogP contribution in [0.2, 0.25) is 0 Å². The number of nitrogens with zero attached hydrogens (tertiary/aromatic N) is 1. The molecule has 3 heteroatoms. The van der Waals surface area contributed by atoms with E-state index in [2.05, 4.69) is 12.1 Å². The van der Waals surface area contributed by atoms with Crippen molar-refractivity contribution in [1.29, 1.82) is 0 Å². The molecule has 0 spiro atoms. The van der Waals surface area contributed by atoms with Crippen LogP contribution in [0.3, 0.4) is 0 Å². The molecule has 0 fully saturated rings. The highest BCUT2D eigenvalue weighted by Gasteiger charge is 1.97. The number of hydrogen-bond acceptors (Lipinski definition) is 3. The van der Waals surface area contributed by atoms with Gasteiger partial charge in [0, 0.05) is 0 Å². The lowest BCUT2D eigenvalue weighted by Crippen LogP contribution is -2.07. The summed E-state index contributed by atoms with van der Waals surface area (Å²) < 4.78 is 0. The fourth-order valence-corrected chi connectivity index (χ4v) is 0.755. The molecule has 0 aromatic carbocycles. The number of aliphatic hydroxyl groups excluding tert-OH is 1. The van der Waals surface area contributed by atoms with Gasteiger partial charge in [0.25, 0.3) is 0 Å². The molecule has 0 amide bonds. The molecule has 0 aliphatic carbocycles. The van der Waals surface area contributed by atoms with E-state index in [0.717, 1.165) is 25.5 Å². The van der Waals surface area contributed by atoms with Gasteiger partial charge in [0.1, 0.15) is 0 Å². The molecule has 3 nitrogen and oxygen atoms in total. The molecule has 0 saturated carbocycles. The van der Waals surface area contributed by atoms with Crippen molar-refractivity contribution in [2.45, 2.75) is 38.7 Å². The highest BCUT2D eigenvalue weighted by atomic mass is 16.4. The Morgan fingerprint density at radius 2 is 2.20 bits per heavy atom. The average Bonchev–Trinajstić information content (AvgIpc) is 1.89. The summed E-state index contributed by atoms with van der Waals surface area (Å²) in [7, 11) is 0. The summed E-state index contributed by atoms with van der Waals surface area (Å²) >= 11 is 0. The third-order valence-corrected chi connectivity index (χ3v) is 1.34. The number of hydrogen-bond donors (Lipinski definition) is 2. The van der Waals surface area contributed by atoms with E-state index in [1.165, 1.54) is 0 Å². The number of unbranched alkanes of at least 4 members (excludes halogenated alkanes) is 2. The summed E-state index contributed by atoms with van der Waals surface area (Å²) in [6.07, 6.45) is 4.52. The van der Waals surface area contributed by atoms with E-state index >= 15 is 0 Å². The lowest BCUT2D eigenvalue weighted by Gasteiger charge is -2.01. The van der Waals surface area contributed by atoms with Crippen LogP contribution in [0.1, 0.15) is 32.6 Å². The number of rotatable bonds is 5. The van der Waals surface area contributed by atoms with Crippen molar-refractivity contribution in [3.8, 4) is 0 Å². The van der Waals surface area contributed by atoms with E-state index in [1.807, 2.05) is 0 Å². The molecule has 0 aliphatic heterocycles. The Labute approximate surface area is 61.4 Å². The van der Waals surface area contributed by atoms with Crippen LogP contribution in [0.4, 0.5) is 0 Å². The minimum Gasteiger partial charge on any atom is -0.411 e. The van der Waals surface area contributed by atoms with Crippen molar-refractivity contribution >= 4 is 6.21 Å². The van der Waals surface area contributed by atoms with E-state index < -0.39 is 6.10 Å². The Bertz CT molecular complexity index is 93.6. The van der Waals surface area contributed by atoms with Crippen LogP contribution >= 0.6 is 0 Å². The third-order valence-electron chi connectivity index (χ3n) is 1.34. The Hall–Kier alpha value is -0.570. The largest absolute Gasteiger partial charge is 0.411 e. The Morgan fingerprint density at radius 3 is 2.70 bits per heavy atom. The summed E-state index contributed by atoms with van der Waals surface area (Å²) in [4.78, 5) is 0. The third kappa shape index (κ3) is 5.56. The molecule has 0 aliphatic rings. The molecule has 0 aromatic rings. The first-order valence-corrected chi connectivity index (χ1v) is 3.67. The zero-order valence-corrected chi connectivity index (χ0v) is 6.32. The lowest BCUT2D eigenvalue weighted by atomic mass is 10.1. The zero-order valence-electron chi connectivity index (χ0n) is 6.32. The first-order chi connectivity index (χ1) is 4.81. The molecule has 0 aromatic heterocycles. The van der Waals surface area contributed by atoms with Crippen LogP contribution in [0.25, 0.3) is 0 Å². The average molecular weight is 145 g/mol. The van der Waals surface area contributed by atoms with Gasteiger partial charge < -0.3 is 10.3 Å². The predicted octanol–water partition coefficient (Wildman–Crippen LogP) is 1.39. The fraction of sp³-hybridized carbons (Fsp3) is 0.857. The van der Waals surface area contributed by atoms with Gasteiger partial charge in [0.15, 0.2) is 0 Å². The standard InChI is InChI=1S/C7H15NO2/c1-2-3-4-5-7(9)6-8-10/h6-7,9-10H,2-5H2,1H3/b8-6-/t7-/m1/s1. The van der Waals surface area contributed by atoms with Crippen LogP contribution in [-0.4, -0.2) is 22.6 Å². The molecule has 0 heterocycles. The molecule has 0 bridgehead atoms. The summed E-state index contributed by atoms with van der Waals surface area (Å²) in [5, 5.41) is 19.7. The Kier molecular flexibility index (Phi) is 6.18. The monoisotopic (exact) mass is 145 g/mol. The summed E-state index contributed by atoms with van der Waals surface area (Å²) in [6, 6.07) is 0. The second-order valence-electron chi connectivity index (χ2n) is 2.33. The molecule has 0 radical (unpaired) electrons. The van der Waals surface area contributed by atoms with Crippen molar-refractivity contribution in [3.63, 3.8) is 0 Å². The summed E-state index contributed by atoms with van der Waals surface area (Å²) in [5.74, 6) is 0. The minimum absolute atomic E-state index is 0.573. The molecule has 0 rings (SSSR count). The summed E-state index contributed by atoms with van der Waals surface area (Å²) in [6.45, 7) is 2.10. The highest BCUT2D eigenvalue weighted by molar-refractivity contribution is 5.61. The van der Waals surface area contributed by atoms with Gasteiger partial charge in [-0.15, -0.1) is 0 Å². The molecular formula is C7H15NO2. The first kappa shape index (κ1) is 9.43. The number of oxime groups is 1. The first-order valence-electron chi connectivity index (χ1n) is 3.67. The quantitative estimate of drug-likeness (QED) is 0.266. The van der Waals surface area contributed by atoms with E-state index in [1.54, 1.807) is 0 Å². The van der Waals surface area contributed by atoms with Crippen molar-refractivity contribution in [2.75, 3.05) is 0 Å². The Morgan fingerprint density at radius 1 is 1.50 bits per heavy atom. The second kappa shape index (κ2) is 6.55. The molecule has 60 valence electrons. The van der Waals surface area contributed by atoms with E-state index in [0.29, 0.717) is 6.42 Å². The van der Waals surface area contributed by atoms with Gasteiger partial charge in [-0.1, -0.05) is 31.3 Å². The van der Waals surface area contributed by atoms with Crippen LogP contribution < -0.4 is 0 Å².